The van der Waals surface area contributed by atoms with E-state index in [0.29, 0.717) is 12.1 Å². The monoisotopic (exact) mass is 239 g/mol. The van der Waals surface area contributed by atoms with Gasteiger partial charge in [-0.2, -0.15) is 12.6 Å². The van der Waals surface area contributed by atoms with Gasteiger partial charge in [0, 0.05) is 11.4 Å². The van der Waals surface area contributed by atoms with Gasteiger partial charge in [-0.05, 0) is 19.4 Å². The first kappa shape index (κ1) is 11.1. The molecule has 0 aromatic rings. The van der Waals surface area contributed by atoms with Crippen LogP contribution in [0.15, 0.2) is 23.5 Å². The molecule has 3 amide bonds. The average molecular weight is 239 g/mol. The van der Waals surface area contributed by atoms with E-state index in [9.17, 15) is 9.59 Å². The Morgan fingerprint density at radius 1 is 1.69 bits per heavy atom. The Hall–Kier alpha value is -1.43. The van der Waals surface area contributed by atoms with Gasteiger partial charge in [-0.1, -0.05) is 6.08 Å². The number of rotatable bonds is 2. The van der Waals surface area contributed by atoms with E-state index in [1.54, 1.807) is 13.0 Å². The second kappa shape index (κ2) is 4.21. The van der Waals surface area contributed by atoms with Crippen LogP contribution in [0.4, 0.5) is 4.79 Å². The van der Waals surface area contributed by atoms with Crippen LogP contribution < -0.4 is 16.0 Å². The van der Waals surface area contributed by atoms with Gasteiger partial charge < -0.3 is 16.0 Å². The molecule has 0 radical (unpaired) electrons. The maximum Gasteiger partial charge on any atom is 0.319 e. The second-order valence-corrected chi connectivity index (χ2v) is 4.59. The normalized spacial score (nSPS) is 24.6. The molecule has 0 bridgehead atoms. The van der Waals surface area contributed by atoms with Crippen molar-refractivity contribution in [3.63, 3.8) is 0 Å². The summed E-state index contributed by atoms with van der Waals surface area (Å²) in [5.74, 6) is -0.151. The fraction of sp³-hybridized carbons (Fsp3) is 0.400. The summed E-state index contributed by atoms with van der Waals surface area (Å²) in [5.41, 5.74) is 1.51. The van der Waals surface area contributed by atoms with Crippen LogP contribution in [0.25, 0.3) is 0 Å². The van der Waals surface area contributed by atoms with Crippen molar-refractivity contribution in [1.82, 2.24) is 16.0 Å². The summed E-state index contributed by atoms with van der Waals surface area (Å²) in [7, 11) is 0. The van der Waals surface area contributed by atoms with Gasteiger partial charge in [-0.25, -0.2) is 4.79 Å². The van der Waals surface area contributed by atoms with Crippen LogP contribution in [0.1, 0.15) is 13.3 Å². The third-order valence-electron chi connectivity index (χ3n) is 2.47. The minimum Gasteiger partial charge on any atom is -0.329 e. The number of hydrogen-bond donors (Lipinski definition) is 4. The lowest BCUT2D eigenvalue weighted by Gasteiger charge is -2.16. The summed E-state index contributed by atoms with van der Waals surface area (Å²) in [6, 6.07) is -0.179. The highest BCUT2D eigenvalue weighted by molar-refractivity contribution is 7.81. The number of thiol groups is 1. The Morgan fingerprint density at radius 3 is 3.12 bits per heavy atom. The molecule has 2 aliphatic rings. The molecule has 0 saturated carbocycles. The maximum atomic E-state index is 11.4. The first-order chi connectivity index (χ1) is 7.56. The van der Waals surface area contributed by atoms with Crippen molar-refractivity contribution in [1.29, 1.82) is 0 Å². The summed E-state index contributed by atoms with van der Waals surface area (Å²) in [6.45, 7) is 1.71. The third kappa shape index (κ3) is 2.21. The Bertz CT molecular complexity index is 401. The molecular weight excluding hydrogens is 226 g/mol. The standard InChI is InChI=1S/C10H13N3O2S/c1-5(16)9(14)11-6-2-3-7-8(4-6)13-10(15)12-7/h2,4-5,7,16H,3H2,1H3,(H,11,14)(H2,12,13,15). The van der Waals surface area contributed by atoms with Gasteiger partial charge >= 0.3 is 6.03 Å². The second-order valence-electron chi connectivity index (χ2n) is 3.81. The van der Waals surface area contributed by atoms with E-state index in [0.717, 1.165) is 5.70 Å². The number of fused-ring (bicyclic) bond motifs is 1. The minimum atomic E-state index is -0.353. The molecule has 2 atom stereocenters. The summed E-state index contributed by atoms with van der Waals surface area (Å²) < 4.78 is 0. The summed E-state index contributed by atoms with van der Waals surface area (Å²) in [4.78, 5) is 22.5. The molecule has 3 N–H and O–H groups in total. The van der Waals surface area contributed by atoms with Crippen LogP contribution in [-0.4, -0.2) is 23.2 Å². The quantitative estimate of drug-likeness (QED) is 0.523. The molecule has 1 fully saturated rings. The number of carbonyl (C=O) groups is 2. The zero-order valence-corrected chi connectivity index (χ0v) is 9.67. The lowest BCUT2D eigenvalue weighted by atomic mass is 10.0. The maximum absolute atomic E-state index is 11.4. The van der Waals surface area contributed by atoms with Crippen LogP contribution in [-0.2, 0) is 4.79 Å². The topological polar surface area (TPSA) is 70.2 Å². The van der Waals surface area contributed by atoms with Crippen molar-refractivity contribution < 1.29 is 9.59 Å². The third-order valence-corrected chi connectivity index (χ3v) is 2.70. The highest BCUT2D eigenvalue weighted by Gasteiger charge is 2.27. The van der Waals surface area contributed by atoms with E-state index < -0.39 is 0 Å². The zero-order valence-electron chi connectivity index (χ0n) is 8.78. The fourth-order valence-electron chi connectivity index (χ4n) is 1.62. The van der Waals surface area contributed by atoms with E-state index in [-0.39, 0.29) is 23.2 Å². The van der Waals surface area contributed by atoms with Crippen molar-refractivity contribution in [3.8, 4) is 0 Å². The fourth-order valence-corrected chi connectivity index (χ4v) is 1.68. The van der Waals surface area contributed by atoms with Crippen LogP contribution in [0.2, 0.25) is 0 Å². The number of carbonyl (C=O) groups excluding carboxylic acids is 2. The van der Waals surface area contributed by atoms with Gasteiger partial charge in [-0.15, -0.1) is 0 Å². The Labute approximate surface area is 98.8 Å². The SMILES string of the molecule is CC(S)C(=O)NC1=CCC2NC(=O)NC2=C1. The lowest BCUT2D eigenvalue weighted by Crippen LogP contribution is -2.31. The smallest absolute Gasteiger partial charge is 0.319 e. The van der Waals surface area contributed by atoms with Crippen molar-refractivity contribution in [2.45, 2.75) is 24.6 Å². The molecule has 0 spiro atoms. The van der Waals surface area contributed by atoms with Gasteiger partial charge in [0.25, 0.3) is 0 Å². The van der Waals surface area contributed by atoms with Crippen molar-refractivity contribution >= 4 is 24.6 Å². The summed E-state index contributed by atoms with van der Waals surface area (Å²) >= 11 is 4.04. The van der Waals surface area contributed by atoms with Crippen molar-refractivity contribution in [2.75, 3.05) is 0 Å². The Kier molecular flexibility index (Phi) is 2.91. The van der Waals surface area contributed by atoms with Gasteiger partial charge in [0.05, 0.1) is 11.3 Å². The lowest BCUT2D eigenvalue weighted by molar-refractivity contribution is -0.119. The van der Waals surface area contributed by atoms with Gasteiger partial charge in [0.2, 0.25) is 5.91 Å². The van der Waals surface area contributed by atoms with Crippen molar-refractivity contribution in [2.24, 2.45) is 0 Å². The summed E-state index contributed by atoms with van der Waals surface area (Å²) in [6.07, 6.45) is 4.33. The largest absolute Gasteiger partial charge is 0.329 e. The number of nitrogens with one attached hydrogen (secondary N) is 3. The van der Waals surface area contributed by atoms with Crippen molar-refractivity contribution in [3.05, 3.63) is 23.5 Å². The molecule has 86 valence electrons. The van der Waals surface area contributed by atoms with E-state index in [2.05, 4.69) is 28.6 Å². The summed E-state index contributed by atoms with van der Waals surface area (Å²) in [5, 5.41) is 7.83. The van der Waals surface area contributed by atoms with Crippen LogP contribution in [0.5, 0.6) is 0 Å². The van der Waals surface area contributed by atoms with E-state index in [1.165, 1.54) is 0 Å². The molecule has 16 heavy (non-hydrogen) atoms. The molecular formula is C10H13N3O2S. The Morgan fingerprint density at radius 2 is 2.44 bits per heavy atom. The molecule has 1 aliphatic heterocycles. The number of amides is 3. The Balaban J connectivity index is 2.04. The van der Waals surface area contributed by atoms with E-state index in [1.807, 2.05) is 6.08 Å². The van der Waals surface area contributed by atoms with Gasteiger partial charge in [0.15, 0.2) is 0 Å². The first-order valence-electron chi connectivity index (χ1n) is 5.04. The highest BCUT2D eigenvalue weighted by atomic mass is 32.1. The number of hydrogen-bond acceptors (Lipinski definition) is 3. The van der Waals surface area contributed by atoms with Crippen LogP contribution >= 0.6 is 12.6 Å². The molecule has 5 nitrogen and oxygen atoms in total. The number of allylic oxidation sites excluding steroid dienone is 1. The molecule has 1 aliphatic carbocycles. The molecule has 0 aromatic carbocycles. The molecule has 0 aromatic heterocycles. The number of urea groups is 1. The molecule has 6 heteroatoms. The van der Waals surface area contributed by atoms with Gasteiger partial charge in [0.1, 0.15) is 0 Å². The average Bonchev–Trinajstić information content (AvgIpc) is 2.57. The van der Waals surface area contributed by atoms with Gasteiger partial charge in [-0.3, -0.25) is 4.79 Å². The predicted molar refractivity (Wildman–Crippen MR) is 62.8 cm³/mol. The van der Waals surface area contributed by atoms with E-state index in [4.69, 9.17) is 0 Å². The predicted octanol–water partition coefficient (Wildman–Crippen LogP) is 0.274. The molecule has 2 unspecified atom stereocenters. The highest BCUT2D eigenvalue weighted by Crippen LogP contribution is 2.18. The molecule has 1 saturated heterocycles. The van der Waals surface area contributed by atoms with Crippen LogP contribution in [0, 0.1) is 0 Å². The minimum absolute atomic E-state index is 0.0153. The molecule has 2 rings (SSSR count). The molecule has 1 heterocycles. The zero-order chi connectivity index (χ0) is 11.7. The van der Waals surface area contributed by atoms with Crippen LogP contribution in [0.3, 0.4) is 0 Å². The van der Waals surface area contributed by atoms with E-state index >= 15 is 0 Å². The first-order valence-corrected chi connectivity index (χ1v) is 5.56.